The lowest BCUT2D eigenvalue weighted by atomic mass is 10.1. The minimum Gasteiger partial charge on any atom is -0.368 e. The van der Waals surface area contributed by atoms with E-state index in [1.54, 1.807) is 22.4 Å². The van der Waals surface area contributed by atoms with Crippen LogP contribution in [0, 0.1) is 0 Å². The molecule has 0 atom stereocenters. The zero-order valence-corrected chi connectivity index (χ0v) is 18.8. The number of hydrogen-bond donors (Lipinski definition) is 2. The second-order valence-corrected chi connectivity index (χ2v) is 10.4. The number of nitrogens with one attached hydrogen (secondary N) is 2. The van der Waals surface area contributed by atoms with Gasteiger partial charge in [0.2, 0.25) is 15.7 Å². The van der Waals surface area contributed by atoms with Crippen LogP contribution >= 0.6 is 11.3 Å². The number of nitrogens with zero attached hydrogens (tertiary/aromatic N) is 2. The van der Waals surface area contributed by atoms with Gasteiger partial charge in [0.1, 0.15) is 15.9 Å². The normalized spacial score (nSPS) is 13.7. The van der Waals surface area contributed by atoms with Crippen LogP contribution < -0.4 is 10.6 Å². The van der Waals surface area contributed by atoms with Crippen LogP contribution in [0.4, 0.5) is 0 Å². The lowest BCUT2D eigenvalue weighted by Crippen LogP contribution is -2.30. The number of thiophene rings is 1. The smallest absolute Gasteiger partial charge is 0.222 e. The monoisotopic (exact) mass is 448 g/mol. The number of amides is 1. The van der Waals surface area contributed by atoms with Crippen molar-refractivity contribution in [3.63, 3.8) is 0 Å². The van der Waals surface area contributed by atoms with Crippen molar-refractivity contribution in [2.75, 3.05) is 39.1 Å². The van der Waals surface area contributed by atoms with Crippen molar-refractivity contribution in [3.05, 3.63) is 52.9 Å². The molecule has 2 heterocycles. The molecule has 0 fully saturated rings. The van der Waals surface area contributed by atoms with Crippen molar-refractivity contribution in [1.82, 2.24) is 15.5 Å². The van der Waals surface area contributed by atoms with Crippen molar-refractivity contribution in [2.24, 2.45) is 4.99 Å². The van der Waals surface area contributed by atoms with Gasteiger partial charge in [-0.3, -0.25) is 9.79 Å². The number of rotatable bonds is 11. The Hall–Kier alpha value is -2.23. The first kappa shape index (κ1) is 22.5. The number of benzene rings is 1. The van der Waals surface area contributed by atoms with Crippen LogP contribution in [0.3, 0.4) is 0 Å². The number of hydrogen-bond acceptors (Lipinski definition) is 7. The molecule has 0 aliphatic carbocycles. The van der Waals surface area contributed by atoms with Crippen LogP contribution in [0.15, 0.2) is 51.0 Å². The molecular weight excluding hydrogens is 420 g/mol. The Morgan fingerprint density at radius 3 is 2.73 bits per heavy atom. The maximum atomic E-state index is 12.3. The molecule has 162 valence electrons. The topological polar surface area (TPSA) is 90.9 Å². The Balaban J connectivity index is 1.33. The Morgan fingerprint density at radius 2 is 2.07 bits per heavy atom. The molecule has 1 amide bonds. The van der Waals surface area contributed by atoms with E-state index in [1.807, 2.05) is 7.05 Å². The number of aliphatic imine (C=N–C) groups is 1. The second-order valence-electron chi connectivity index (χ2n) is 7.21. The molecule has 2 aromatic rings. The summed E-state index contributed by atoms with van der Waals surface area (Å²) < 4.78 is 24.5. The summed E-state index contributed by atoms with van der Waals surface area (Å²) >= 11 is 1.22. The zero-order valence-electron chi connectivity index (χ0n) is 17.1. The van der Waals surface area contributed by atoms with Gasteiger partial charge in [0.15, 0.2) is 0 Å². The molecule has 3 rings (SSSR count). The Labute approximate surface area is 182 Å². The fourth-order valence-electron chi connectivity index (χ4n) is 3.12. The van der Waals surface area contributed by atoms with Crippen LogP contribution in [0.25, 0.3) is 0 Å². The average Bonchev–Trinajstić information content (AvgIpc) is 3.46. The molecule has 30 heavy (non-hydrogen) atoms. The zero-order chi connectivity index (χ0) is 21.4. The van der Waals surface area contributed by atoms with Gasteiger partial charge in [-0.25, -0.2) is 8.42 Å². The van der Waals surface area contributed by atoms with E-state index in [0.717, 1.165) is 30.9 Å². The van der Waals surface area contributed by atoms with E-state index in [9.17, 15) is 13.2 Å². The van der Waals surface area contributed by atoms with Gasteiger partial charge >= 0.3 is 0 Å². The van der Waals surface area contributed by atoms with Gasteiger partial charge in [-0.15, -0.1) is 11.3 Å². The molecule has 7 nitrogen and oxygen atoms in total. The molecular formula is C21H28N4O3S2. The minimum absolute atomic E-state index is 0.0686. The summed E-state index contributed by atoms with van der Waals surface area (Å²) in [6, 6.07) is 11.6. The van der Waals surface area contributed by atoms with E-state index >= 15 is 0 Å². The first-order chi connectivity index (χ1) is 14.5. The molecule has 0 bridgehead atoms. The van der Waals surface area contributed by atoms with Gasteiger partial charge in [0.05, 0.1) is 6.54 Å². The van der Waals surface area contributed by atoms with Crippen molar-refractivity contribution in [2.45, 2.75) is 23.5 Å². The maximum Gasteiger partial charge on any atom is 0.222 e. The highest BCUT2D eigenvalue weighted by Crippen LogP contribution is 2.16. The van der Waals surface area contributed by atoms with E-state index in [4.69, 9.17) is 0 Å². The summed E-state index contributed by atoms with van der Waals surface area (Å²) in [6.07, 6.45) is 1.79. The lowest BCUT2D eigenvalue weighted by Gasteiger charge is -2.17. The van der Waals surface area contributed by atoms with Crippen LogP contribution in [0.2, 0.25) is 0 Å². The average molecular weight is 449 g/mol. The van der Waals surface area contributed by atoms with E-state index < -0.39 is 9.84 Å². The van der Waals surface area contributed by atoms with Crippen LogP contribution in [0.1, 0.15) is 24.0 Å². The third kappa shape index (κ3) is 6.38. The van der Waals surface area contributed by atoms with E-state index in [1.165, 1.54) is 16.9 Å². The van der Waals surface area contributed by atoms with Gasteiger partial charge in [-0.1, -0.05) is 30.3 Å². The molecule has 1 aromatic heterocycles. The molecule has 1 aromatic carbocycles. The quantitative estimate of drug-likeness (QED) is 0.513. The molecule has 0 radical (unpaired) electrons. The Bertz CT molecular complexity index is 955. The van der Waals surface area contributed by atoms with Gasteiger partial charge < -0.3 is 15.5 Å². The maximum absolute atomic E-state index is 12.3. The highest BCUT2D eigenvalue weighted by molar-refractivity contribution is 7.93. The van der Waals surface area contributed by atoms with Gasteiger partial charge in [0.25, 0.3) is 0 Å². The summed E-state index contributed by atoms with van der Waals surface area (Å²) in [5.41, 5.74) is 2.27. The molecule has 0 saturated heterocycles. The van der Waals surface area contributed by atoms with Crippen LogP contribution in [-0.2, 0) is 21.1 Å². The van der Waals surface area contributed by atoms with Crippen molar-refractivity contribution < 1.29 is 13.2 Å². The molecule has 1 aliphatic rings. The number of amidine groups is 1. The Kier molecular flexibility index (Phi) is 8.01. The molecule has 2 N–H and O–H groups in total. The summed E-state index contributed by atoms with van der Waals surface area (Å²) in [7, 11) is -1.47. The van der Waals surface area contributed by atoms with E-state index in [2.05, 4.69) is 39.9 Å². The van der Waals surface area contributed by atoms with Crippen LogP contribution in [-0.4, -0.2) is 64.2 Å². The fraction of sp³-hybridized carbons (Fsp3) is 0.429. The third-order valence-electron chi connectivity index (χ3n) is 4.90. The predicted octanol–water partition coefficient (Wildman–Crippen LogP) is 1.90. The SMILES string of the molecule is CN(CCc1ccc(C2=NCCN2)cc1)C(=O)CCCNCS(=O)(=O)c1cccs1. The number of likely N-dealkylation sites (N-methyl/N-ethyl adjacent to an activating group) is 1. The highest BCUT2D eigenvalue weighted by atomic mass is 32.2. The standard InChI is InChI=1S/C21H28N4O3S2/c1-25(14-10-17-6-8-18(9-7-17)21-23-12-13-24-21)19(26)4-2-11-22-16-30(27,28)20-5-3-15-29-20/h3,5-9,15,22H,2,4,10-14,16H2,1H3,(H,23,24). The summed E-state index contributed by atoms with van der Waals surface area (Å²) in [5, 5.41) is 7.94. The number of sulfone groups is 1. The summed E-state index contributed by atoms with van der Waals surface area (Å²) in [6.45, 7) is 2.86. The molecule has 0 unspecified atom stereocenters. The number of carbonyl (C=O) groups is 1. The third-order valence-corrected chi connectivity index (χ3v) is 7.95. The molecule has 9 heteroatoms. The van der Waals surface area contributed by atoms with E-state index in [-0.39, 0.29) is 11.8 Å². The van der Waals surface area contributed by atoms with Crippen molar-refractivity contribution in [1.29, 1.82) is 0 Å². The first-order valence-corrected chi connectivity index (χ1v) is 12.6. The molecule has 0 spiro atoms. The van der Waals surface area contributed by atoms with Gasteiger partial charge in [-0.05, 0) is 36.4 Å². The van der Waals surface area contributed by atoms with Crippen molar-refractivity contribution in [3.8, 4) is 0 Å². The predicted molar refractivity (Wildman–Crippen MR) is 121 cm³/mol. The van der Waals surface area contributed by atoms with Gasteiger partial charge in [-0.2, -0.15) is 0 Å². The summed E-state index contributed by atoms with van der Waals surface area (Å²) in [5.74, 6) is 0.917. The van der Waals surface area contributed by atoms with E-state index in [0.29, 0.717) is 30.1 Å². The second kappa shape index (κ2) is 10.7. The fourth-order valence-corrected chi connectivity index (χ4v) is 5.34. The Morgan fingerprint density at radius 1 is 1.27 bits per heavy atom. The van der Waals surface area contributed by atoms with Crippen molar-refractivity contribution >= 4 is 32.9 Å². The summed E-state index contributed by atoms with van der Waals surface area (Å²) in [4.78, 5) is 18.4. The molecule has 0 saturated carbocycles. The minimum atomic E-state index is -3.28. The molecule has 1 aliphatic heterocycles. The first-order valence-electron chi connectivity index (χ1n) is 10.0. The largest absolute Gasteiger partial charge is 0.368 e. The van der Waals surface area contributed by atoms with Gasteiger partial charge in [0, 0.05) is 32.1 Å². The van der Waals surface area contributed by atoms with Crippen LogP contribution in [0.5, 0.6) is 0 Å². The lowest BCUT2D eigenvalue weighted by molar-refractivity contribution is -0.129. The highest BCUT2D eigenvalue weighted by Gasteiger charge is 2.15. The number of carbonyl (C=O) groups excluding carboxylic acids is 1.